The molecule has 0 saturated heterocycles. The molecule has 0 aliphatic heterocycles. The summed E-state index contributed by atoms with van der Waals surface area (Å²) in [6.07, 6.45) is 3.29. The van der Waals surface area contributed by atoms with Gasteiger partial charge in [0.2, 0.25) is 0 Å². The number of hydrogen-bond acceptors (Lipinski definition) is 5. The van der Waals surface area contributed by atoms with E-state index in [0.717, 1.165) is 18.7 Å². The van der Waals surface area contributed by atoms with Crippen LogP contribution in [0.3, 0.4) is 0 Å². The van der Waals surface area contributed by atoms with Crippen LogP contribution < -0.4 is 10.0 Å². The minimum atomic E-state index is -3.47. The molecule has 1 aromatic rings. The second-order valence-electron chi connectivity index (χ2n) is 5.16. The number of nitrogens with zero attached hydrogens (tertiary/aromatic N) is 2. The summed E-state index contributed by atoms with van der Waals surface area (Å²) in [4.78, 5) is 0. The number of aryl methyl sites for hydroxylation is 1. The number of aromatic nitrogens is 1. The summed E-state index contributed by atoms with van der Waals surface area (Å²) >= 11 is 0. The summed E-state index contributed by atoms with van der Waals surface area (Å²) < 4.78 is 32.8. The van der Waals surface area contributed by atoms with Gasteiger partial charge in [-0.15, -0.1) is 0 Å². The minimum absolute atomic E-state index is 0.119. The summed E-state index contributed by atoms with van der Waals surface area (Å²) in [6, 6.07) is 2.37. The predicted molar refractivity (Wildman–Crippen MR) is 75.3 cm³/mol. The van der Waals surface area contributed by atoms with Gasteiger partial charge in [-0.05, 0) is 32.7 Å². The van der Waals surface area contributed by atoms with Gasteiger partial charge in [0.1, 0.15) is 0 Å². The van der Waals surface area contributed by atoms with Crippen molar-refractivity contribution < 1.29 is 12.9 Å². The van der Waals surface area contributed by atoms with Gasteiger partial charge in [0.25, 0.3) is 10.2 Å². The molecule has 0 unspecified atom stereocenters. The third-order valence-corrected chi connectivity index (χ3v) is 4.69. The normalized spacial score (nSPS) is 15.9. The van der Waals surface area contributed by atoms with Gasteiger partial charge in [-0.25, -0.2) is 0 Å². The van der Waals surface area contributed by atoms with E-state index >= 15 is 0 Å². The average Bonchev–Trinajstić information content (AvgIpc) is 3.13. The van der Waals surface area contributed by atoms with Crippen LogP contribution in [0.5, 0.6) is 0 Å². The van der Waals surface area contributed by atoms with Crippen molar-refractivity contribution in [3.8, 4) is 0 Å². The van der Waals surface area contributed by atoms with E-state index in [1.165, 1.54) is 17.1 Å². The van der Waals surface area contributed by atoms with Crippen molar-refractivity contribution in [1.82, 2.24) is 19.5 Å². The van der Waals surface area contributed by atoms with E-state index in [0.29, 0.717) is 18.3 Å². The van der Waals surface area contributed by atoms with Crippen molar-refractivity contribution in [2.45, 2.75) is 38.8 Å². The molecule has 1 heterocycles. The Morgan fingerprint density at radius 3 is 2.85 bits per heavy atom. The van der Waals surface area contributed by atoms with Crippen molar-refractivity contribution >= 4 is 10.2 Å². The van der Waals surface area contributed by atoms with Gasteiger partial charge in [-0.1, -0.05) is 5.16 Å². The number of rotatable bonds is 9. The second-order valence-corrected chi connectivity index (χ2v) is 7.03. The van der Waals surface area contributed by atoms with Gasteiger partial charge in [-0.3, -0.25) is 0 Å². The Labute approximate surface area is 119 Å². The highest BCUT2D eigenvalue weighted by atomic mass is 32.2. The van der Waals surface area contributed by atoms with E-state index in [1.807, 2.05) is 0 Å². The molecule has 1 aliphatic carbocycles. The van der Waals surface area contributed by atoms with Crippen LogP contribution in [-0.4, -0.2) is 44.1 Å². The lowest BCUT2D eigenvalue weighted by molar-refractivity contribution is 0.373. The molecule has 0 aromatic carbocycles. The summed E-state index contributed by atoms with van der Waals surface area (Å²) in [5.74, 6) is 0.509. The fraction of sp³-hybridized carbons (Fsp3) is 0.750. The van der Waals surface area contributed by atoms with Crippen LogP contribution in [0.15, 0.2) is 10.6 Å². The fourth-order valence-corrected chi connectivity index (χ4v) is 2.70. The zero-order valence-corrected chi connectivity index (χ0v) is 12.7. The van der Waals surface area contributed by atoms with Gasteiger partial charge in [0.15, 0.2) is 5.76 Å². The molecule has 0 amide bonds. The molecule has 7 nitrogen and oxygen atoms in total. The highest BCUT2D eigenvalue weighted by molar-refractivity contribution is 7.87. The van der Waals surface area contributed by atoms with Gasteiger partial charge < -0.3 is 9.84 Å². The Balaban J connectivity index is 1.70. The summed E-state index contributed by atoms with van der Waals surface area (Å²) in [5.41, 5.74) is 0.735. The molecular formula is C12H22N4O3S. The van der Waals surface area contributed by atoms with E-state index in [9.17, 15) is 8.42 Å². The Morgan fingerprint density at radius 1 is 1.50 bits per heavy atom. The molecule has 0 spiro atoms. The first kappa shape index (κ1) is 15.4. The second kappa shape index (κ2) is 6.66. The van der Waals surface area contributed by atoms with Crippen molar-refractivity contribution in [3.05, 3.63) is 17.5 Å². The van der Waals surface area contributed by atoms with E-state index in [2.05, 4.69) is 15.2 Å². The zero-order chi connectivity index (χ0) is 14.6. The standard InChI is InChI=1S/C12H22N4O3S/c1-10-8-12(19-15-10)9-14-20(17,18)16(2)7-3-6-13-11-4-5-11/h8,11,13-14H,3-7,9H2,1-2H3. The monoisotopic (exact) mass is 302 g/mol. The molecule has 0 bridgehead atoms. The summed E-state index contributed by atoms with van der Waals surface area (Å²) in [7, 11) is -1.89. The number of hydrogen-bond donors (Lipinski definition) is 2. The number of nitrogens with one attached hydrogen (secondary N) is 2. The van der Waals surface area contributed by atoms with Crippen molar-refractivity contribution in [3.63, 3.8) is 0 Å². The Bertz CT molecular complexity index is 525. The van der Waals surface area contributed by atoms with Crippen molar-refractivity contribution in [1.29, 1.82) is 0 Å². The maximum absolute atomic E-state index is 12.0. The van der Waals surface area contributed by atoms with Crippen LogP contribution in [0.2, 0.25) is 0 Å². The Hall–Kier alpha value is -0.960. The van der Waals surface area contributed by atoms with E-state index in [-0.39, 0.29) is 6.54 Å². The smallest absolute Gasteiger partial charge is 0.279 e. The van der Waals surface area contributed by atoms with Crippen LogP contribution in [-0.2, 0) is 16.8 Å². The molecule has 2 rings (SSSR count). The maximum Gasteiger partial charge on any atom is 0.279 e. The molecule has 0 radical (unpaired) electrons. The summed E-state index contributed by atoms with van der Waals surface area (Å²) in [6.45, 7) is 3.25. The molecule has 114 valence electrons. The van der Waals surface area contributed by atoms with Crippen LogP contribution in [0.1, 0.15) is 30.7 Å². The minimum Gasteiger partial charge on any atom is -0.360 e. The zero-order valence-electron chi connectivity index (χ0n) is 11.9. The SMILES string of the molecule is Cc1cc(CNS(=O)(=O)N(C)CCCNC2CC2)on1. The van der Waals surface area contributed by atoms with Gasteiger partial charge >= 0.3 is 0 Å². The molecule has 1 aromatic heterocycles. The molecular weight excluding hydrogens is 280 g/mol. The molecule has 8 heteroatoms. The van der Waals surface area contributed by atoms with Gasteiger partial charge in [0.05, 0.1) is 12.2 Å². The van der Waals surface area contributed by atoms with E-state index in [4.69, 9.17) is 4.52 Å². The first-order chi connectivity index (χ1) is 9.47. The molecule has 2 N–H and O–H groups in total. The summed E-state index contributed by atoms with van der Waals surface area (Å²) in [5, 5.41) is 7.07. The van der Waals surface area contributed by atoms with Gasteiger partial charge in [0, 0.05) is 25.7 Å². The quantitative estimate of drug-likeness (QED) is 0.644. The molecule has 1 fully saturated rings. The maximum atomic E-state index is 12.0. The Kier molecular flexibility index (Phi) is 5.14. The molecule has 20 heavy (non-hydrogen) atoms. The van der Waals surface area contributed by atoms with Gasteiger partial charge in [-0.2, -0.15) is 17.4 Å². The van der Waals surface area contributed by atoms with Crippen LogP contribution in [0.25, 0.3) is 0 Å². The van der Waals surface area contributed by atoms with Crippen molar-refractivity contribution in [2.75, 3.05) is 20.1 Å². The van der Waals surface area contributed by atoms with E-state index in [1.54, 1.807) is 20.0 Å². The third kappa shape index (κ3) is 4.86. The lowest BCUT2D eigenvalue weighted by Gasteiger charge is -2.17. The molecule has 1 saturated carbocycles. The van der Waals surface area contributed by atoms with Crippen molar-refractivity contribution in [2.24, 2.45) is 0 Å². The largest absolute Gasteiger partial charge is 0.360 e. The first-order valence-electron chi connectivity index (χ1n) is 6.84. The van der Waals surface area contributed by atoms with Crippen LogP contribution in [0.4, 0.5) is 0 Å². The lowest BCUT2D eigenvalue weighted by atomic mass is 10.4. The Morgan fingerprint density at radius 2 is 2.25 bits per heavy atom. The lowest BCUT2D eigenvalue weighted by Crippen LogP contribution is -2.39. The highest BCUT2D eigenvalue weighted by Gasteiger charge is 2.21. The fourth-order valence-electron chi connectivity index (χ4n) is 1.79. The first-order valence-corrected chi connectivity index (χ1v) is 8.28. The third-order valence-electron chi connectivity index (χ3n) is 3.18. The van der Waals surface area contributed by atoms with Crippen LogP contribution in [0, 0.1) is 6.92 Å². The average molecular weight is 302 g/mol. The van der Waals surface area contributed by atoms with Crippen LogP contribution >= 0.6 is 0 Å². The highest BCUT2D eigenvalue weighted by Crippen LogP contribution is 2.18. The van der Waals surface area contributed by atoms with E-state index < -0.39 is 10.2 Å². The predicted octanol–water partition coefficient (Wildman–Crippen LogP) is 0.391. The topological polar surface area (TPSA) is 87.5 Å². The molecule has 0 atom stereocenters. The molecule has 1 aliphatic rings.